The molecule has 0 amide bonds. The summed E-state index contributed by atoms with van der Waals surface area (Å²) < 4.78 is 10.9. The van der Waals surface area contributed by atoms with Crippen LogP contribution in [0.4, 0.5) is 5.82 Å². The van der Waals surface area contributed by atoms with Gasteiger partial charge in [0.1, 0.15) is 28.5 Å². The smallest absolute Gasteiger partial charge is 0.141 e. The van der Waals surface area contributed by atoms with E-state index in [0.717, 1.165) is 46.9 Å². The molecule has 1 aliphatic heterocycles. The Kier molecular flexibility index (Phi) is 3.98. The maximum atomic E-state index is 5.62. The van der Waals surface area contributed by atoms with Crippen LogP contribution in [-0.4, -0.2) is 30.7 Å². The molecule has 124 valence electrons. The summed E-state index contributed by atoms with van der Waals surface area (Å²) in [5.41, 5.74) is 1.18. The Hall–Kier alpha value is -2.34. The number of anilines is 1. The van der Waals surface area contributed by atoms with Gasteiger partial charge in [-0.2, -0.15) is 0 Å². The van der Waals surface area contributed by atoms with Crippen molar-refractivity contribution in [3.05, 3.63) is 41.5 Å². The normalized spacial score (nSPS) is 17.4. The van der Waals surface area contributed by atoms with Crippen molar-refractivity contribution in [1.82, 2.24) is 9.97 Å². The predicted molar refractivity (Wildman–Crippen MR) is 96.3 cm³/mol. The van der Waals surface area contributed by atoms with E-state index < -0.39 is 0 Å². The lowest BCUT2D eigenvalue weighted by Gasteiger charge is -2.27. The number of ether oxygens (including phenoxy) is 2. The predicted octanol–water partition coefficient (Wildman–Crippen LogP) is 4.05. The van der Waals surface area contributed by atoms with Crippen LogP contribution in [-0.2, 0) is 0 Å². The summed E-state index contributed by atoms with van der Waals surface area (Å²) in [6.07, 6.45) is 3.88. The van der Waals surface area contributed by atoms with Gasteiger partial charge in [0.25, 0.3) is 0 Å². The highest BCUT2D eigenvalue weighted by molar-refractivity contribution is 7.16. The molecule has 0 aliphatic carbocycles. The van der Waals surface area contributed by atoms with Gasteiger partial charge < -0.3 is 14.4 Å². The maximum Gasteiger partial charge on any atom is 0.141 e. The van der Waals surface area contributed by atoms with Crippen LogP contribution in [0.15, 0.2) is 36.0 Å². The molecule has 5 nitrogen and oxygen atoms in total. The van der Waals surface area contributed by atoms with Gasteiger partial charge in [-0.25, -0.2) is 9.97 Å². The minimum atomic E-state index is 0.254. The molecule has 1 aliphatic rings. The number of rotatable bonds is 4. The Labute approximate surface area is 144 Å². The molecule has 1 fully saturated rings. The number of nitrogens with zero attached hydrogens (tertiary/aromatic N) is 3. The first-order valence-corrected chi connectivity index (χ1v) is 8.86. The van der Waals surface area contributed by atoms with Crippen molar-refractivity contribution in [2.75, 3.05) is 25.7 Å². The molecule has 24 heavy (non-hydrogen) atoms. The number of methoxy groups -OCH3 is 2. The van der Waals surface area contributed by atoms with Crippen molar-refractivity contribution < 1.29 is 9.47 Å². The Bertz CT molecular complexity index is 864. The zero-order valence-corrected chi connectivity index (χ0v) is 14.5. The third kappa shape index (κ3) is 2.47. The van der Waals surface area contributed by atoms with Crippen molar-refractivity contribution in [2.45, 2.75) is 18.9 Å². The summed E-state index contributed by atoms with van der Waals surface area (Å²) in [6.45, 7) is 0.988. The van der Waals surface area contributed by atoms with Crippen LogP contribution in [0.5, 0.6) is 11.5 Å². The molecule has 3 aromatic rings. The average molecular weight is 341 g/mol. The molecule has 0 spiro atoms. The van der Waals surface area contributed by atoms with Gasteiger partial charge in [0.2, 0.25) is 0 Å². The Morgan fingerprint density at radius 1 is 1.17 bits per heavy atom. The third-order valence-corrected chi connectivity index (χ3v) is 5.39. The minimum absolute atomic E-state index is 0.254. The summed E-state index contributed by atoms with van der Waals surface area (Å²) in [5.74, 6) is 2.69. The Morgan fingerprint density at radius 2 is 2.08 bits per heavy atom. The SMILES string of the molecule is COc1ccc(C2CCCN2c2ncnc3sccc23)c(OC)c1. The zero-order valence-electron chi connectivity index (χ0n) is 13.7. The number of fused-ring (bicyclic) bond motifs is 1. The summed E-state index contributed by atoms with van der Waals surface area (Å²) in [7, 11) is 3.38. The summed E-state index contributed by atoms with van der Waals surface area (Å²) in [4.78, 5) is 12.4. The van der Waals surface area contributed by atoms with Crippen LogP contribution in [0.1, 0.15) is 24.4 Å². The number of benzene rings is 1. The standard InChI is InChI=1S/C18H19N3O2S/c1-22-12-5-6-13(16(10-12)23-2)15-4-3-8-21(15)17-14-7-9-24-18(14)20-11-19-17/h5-7,9-11,15H,3-4,8H2,1-2H3. The fourth-order valence-electron chi connectivity index (χ4n) is 3.44. The van der Waals surface area contributed by atoms with Gasteiger partial charge in [0.05, 0.1) is 25.6 Å². The van der Waals surface area contributed by atoms with Gasteiger partial charge >= 0.3 is 0 Å². The van der Waals surface area contributed by atoms with Gasteiger partial charge in [0.15, 0.2) is 0 Å². The summed E-state index contributed by atoms with van der Waals surface area (Å²) >= 11 is 1.65. The quantitative estimate of drug-likeness (QED) is 0.716. The molecule has 0 N–H and O–H groups in total. The monoisotopic (exact) mass is 341 g/mol. The van der Waals surface area contributed by atoms with Crippen LogP contribution in [0.3, 0.4) is 0 Å². The molecule has 3 heterocycles. The van der Waals surface area contributed by atoms with Crippen LogP contribution in [0.25, 0.3) is 10.2 Å². The fourth-order valence-corrected chi connectivity index (χ4v) is 4.17. The van der Waals surface area contributed by atoms with Crippen molar-refractivity contribution >= 4 is 27.4 Å². The van der Waals surface area contributed by atoms with Crippen LogP contribution >= 0.6 is 11.3 Å². The van der Waals surface area contributed by atoms with Gasteiger partial charge in [-0.05, 0) is 36.4 Å². The number of hydrogen-bond donors (Lipinski definition) is 0. The highest BCUT2D eigenvalue weighted by atomic mass is 32.1. The molecule has 2 aromatic heterocycles. The van der Waals surface area contributed by atoms with E-state index in [-0.39, 0.29) is 6.04 Å². The van der Waals surface area contributed by atoms with Gasteiger partial charge in [-0.15, -0.1) is 11.3 Å². The summed E-state index contributed by atoms with van der Waals surface area (Å²) in [5, 5.41) is 3.20. The summed E-state index contributed by atoms with van der Waals surface area (Å²) in [6, 6.07) is 8.41. The second-order valence-corrected chi connectivity index (χ2v) is 6.69. The second-order valence-electron chi connectivity index (χ2n) is 5.80. The van der Waals surface area contributed by atoms with E-state index in [1.165, 1.54) is 5.56 Å². The van der Waals surface area contributed by atoms with Crippen molar-refractivity contribution in [2.24, 2.45) is 0 Å². The number of hydrogen-bond acceptors (Lipinski definition) is 6. The lowest BCUT2D eigenvalue weighted by molar-refractivity contribution is 0.388. The first-order valence-electron chi connectivity index (χ1n) is 7.98. The van der Waals surface area contributed by atoms with Crippen molar-refractivity contribution in [3.63, 3.8) is 0 Å². The van der Waals surface area contributed by atoms with E-state index in [1.54, 1.807) is 31.9 Å². The molecule has 1 aromatic carbocycles. The molecule has 4 rings (SSSR count). The lowest BCUT2D eigenvalue weighted by atomic mass is 10.0. The molecule has 0 radical (unpaired) electrons. The molecular formula is C18H19N3O2S. The average Bonchev–Trinajstić information content (AvgIpc) is 3.29. The fraction of sp³-hybridized carbons (Fsp3) is 0.333. The molecule has 1 unspecified atom stereocenters. The lowest BCUT2D eigenvalue weighted by Crippen LogP contribution is -2.24. The van der Waals surface area contributed by atoms with Crippen molar-refractivity contribution in [1.29, 1.82) is 0 Å². The molecule has 0 saturated carbocycles. The number of aromatic nitrogens is 2. The second kappa shape index (κ2) is 6.28. The van der Waals surface area contributed by atoms with Crippen LogP contribution in [0.2, 0.25) is 0 Å². The van der Waals surface area contributed by atoms with E-state index >= 15 is 0 Å². The third-order valence-electron chi connectivity index (χ3n) is 4.57. The molecule has 1 atom stereocenters. The zero-order chi connectivity index (χ0) is 16.5. The van der Waals surface area contributed by atoms with Gasteiger partial charge in [-0.1, -0.05) is 0 Å². The van der Waals surface area contributed by atoms with Gasteiger partial charge in [-0.3, -0.25) is 0 Å². The van der Waals surface area contributed by atoms with E-state index in [9.17, 15) is 0 Å². The van der Waals surface area contributed by atoms with Crippen LogP contribution in [0, 0.1) is 0 Å². The first kappa shape index (κ1) is 15.2. The molecule has 1 saturated heterocycles. The minimum Gasteiger partial charge on any atom is -0.497 e. The van der Waals surface area contributed by atoms with E-state index in [2.05, 4.69) is 32.4 Å². The topological polar surface area (TPSA) is 47.5 Å². The molecule has 0 bridgehead atoms. The van der Waals surface area contributed by atoms with Crippen molar-refractivity contribution in [3.8, 4) is 11.5 Å². The number of thiophene rings is 1. The molecular weight excluding hydrogens is 322 g/mol. The van der Waals surface area contributed by atoms with E-state index in [0.29, 0.717) is 0 Å². The molecule has 6 heteroatoms. The highest BCUT2D eigenvalue weighted by Gasteiger charge is 2.30. The largest absolute Gasteiger partial charge is 0.497 e. The first-order chi connectivity index (χ1) is 11.8. The van der Waals surface area contributed by atoms with Crippen LogP contribution < -0.4 is 14.4 Å². The van der Waals surface area contributed by atoms with Gasteiger partial charge in [0, 0.05) is 18.2 Å². The van der Waals surface area contributed by atoms with E-state index in [1.807, 2.05) is 12.1 Å². The maximum absolute atomic E-state index is 5.62. The highest BCUT2D eigenvalue weighted by Crippen LogP contribution is 2.42. The Morgan fingerprint density at radius 3 is 2.92 bits per heavy atom. The Balaban J connectivity index is 1.77. The van der Waals surface area contributed by atoms with E-state index in [4.69, 9.17) is 9.47 Å².